The van der Waals surface area contributed by atoms with Crippen molar-refractivity contribution in [2.75, 3.05) is 26.2 Å². The van der Waals surface area contributed by atoms with Crippen LogP contribution in [-0.4, -0.2) is 26.2 Å². The van der Waals surface area contributed by atoms with Crippen molar-refractivity contribution >= 4 is 0 Å². The summed E-state index contributed by atoms with van der Waals surface area (Å²) in [6, 6.07) is 0. The molecule has 2 atom stereocenters. The van der Waals surface area contributed by atoms with Gasteiger partial charge in [0.2, 0.25) is 0 Å². The summed E-state index contributed by atoms with van der Waals surface area (Å²) in [7, 11) is 0. The molecule has 0 aliphatic heterocycles. The third-order valence-corrected chi connectivity index (χ3v) is 3.35. The first-order chi connectivity index (χ1) is 6.84. The van der Waals surface area contributed by atoms with Crippen LogP contribution in [0.2, 0.25) is 0 Å². The Hall–Kier alpha value is -0.0800. The average Bonchev–Trinajstić information content (AvgIpc) is 2.58. The zero-order valence-corrected chi connectivity index (χ0v) is 9.81. The molecule has 0 saturated heterocycles. The molecule has 2 nitrogen and oxygen atoms in total. The second kappa shape index (κ2) is 7.24. The highest BCUT2D eigenvalue weighted by molar-refractivity contribution is 4.75. The van der Waals surface area contributed by atoms with Crippen LogP contribution < -0.4 is 10.6 Å². The highest BCUT2D eigenvalue weighted by Crippen LogP contribution is 2.30. The summed E-state index contributed by atoms with van der Waals surface area (Å²) in [5.41, 5.74) is 0. The lowest BCUT2D eigenvalue weighted by Crippen LogP contribution is -2.31. The van der Waals surface area contributed by atoms with Crippen molar-refractivity contribution in [2.45, 2.75) is 39.5 Å². The quantitative estimate of drug-likeness (QED) is 0.612. The summed E-state index contributed by atoms with van der Waals surface area (Å²) in [4.78, 5) is 0. The molecule has 0 aromatic carbocycles. The van der Waals surface area contributed by atoms with Gasteiger partial charge in [0, 0.05) is 13.1 Å². The monoisotopic (exact) mass is 198 g/mol. The molecular formula is C12H26N2. The summed E-state index contributed by atoms with van der Waals surface area (Å²) in [5, 5.41) is 6.96. The molecule has 0 heterocycles. The highest BCUT2D eigenvalue weighted by atomic mass is 14.9. The summed E-state index contributed by atoms with van der Waals surface area (Å²) in [6.07, 6.45) is 5.57. The molecule has 2 unspecified atom stereocenters. The standard InChI is InChI=1S/C12H26N2/c1-3-7-13-8-9-14-10-12-6-4-5-11(12)2/h11-14H,3-10H2,1-2H3. The van der Waals surface area contributed by atoms with Gasteiger partial charge in [-0.1, -0.05) is 26.7 Å². The first-order valence-electron chi connectivity index (χ1n) is 6.26. The van der Waals surface area contributed by atoms with Crippen LogP contribution in [-0.2, 0) is 0 Å². The van der Waals surface area contributed by atoms with E-state index in [1.165, 1.54) is 32.2 Å². The predicted octanol–water partition coefficient (Wildman–Crippen LogP) is 2.01. The summed E-state index contributed by atoms with van der Waals surface area (Å²) < 4.78 is 0. The summed E-state index contributed by atoms with van der Waals surface area (Å²) in [5.74, 6) is 1.90. The average molecular weight is 198 g/mol. The van der Waals surface area contributed by atoms with Gasteiger partial charge in [-0.25, -0.2) is 0 Å². The van der Waals surface area contributed by atoms with Crippen LogP contribution in [0.3, 0.4) is 0 Å². The molecule has 0 radical (unpaired) electrons. The Balaban J connectivity index is 1.88. The molecule has 1 aliphatic rings. The smallest absolute Gasteiger partial charge is 0.00768 e. The third-order valence-electron chi connectivity index (χ3n) is 3.35. The van der Waals surface area contributed by atoms with Gasteiger partial charge in [0.1, 0.15) is 0 Å². The van der Waals surface area contributed by atoms with E-state index in [4.69, 9.17) is 0 Å². The van der Waals surface area contributed by atoms with E-state index in [0.29, 0.717) is 0 Å². The van der Waals surface area contributed by atoms with Gasteiger partial charge < -0.3 is 10.6 Å². The predicted molar refractivity (Wildman–Crippen MR) is 62.5 cm³/mol. The second-order valence-electron chi connectivity index (χ2n) is 4.62. The minimum atomic E-state index is 0.946. The SMILES string of the molecule is CCCNCCNCC1CCCC1C. The van der Waals surface area contributed by atoms with Gasteiger partial charge in [-0.2, -0.15) is 0 Å². The molecule has 0 spiro atoms. The fourth-order valence-electron chi connectivity index (χ4n) is 2.29. The maximum absolute atomic E-state index is 3.55. The first-order valence-corrected chi connectivity index (χ1v) is 6.26. The topological polar surface area (TPSA) is 24.1 Å². The number of hydrogen-bond donors (Lipinski definition) is 2. The fourth-order valence-corrected chi connectivity index (χ4v) is 2.29. The largest absolute Gasteiger partial charge is 0.315 e. The molecule has 2 heteroatoms. The van der Waals surface area contributed by atoms with Crippen molar-refractivity contribution in [2.24, 2.45) is 11.8 Å². The Morgan fingerprint density at radius 2 is 1.86 bits per heavy atom. The van der Waals surface area contributed by atoms with Crippen LogP contribution >= 0.6 is 0 Å². The van der Waals surface area contributed by atoms with Crippen molar-refractivity contribution in [3.63, 3.8) is 0 Å². The minimum absolute atomic E-state index is 0.946. The van der Waals surface area contributed by atoms with E-state index in [0.717, 1.165) is 31.5 Å². The Morgan fingerprint density at radius 3 is 2.50 bits per heavy atom. The number of rotatable bonds is 7. The minimum Gasteiger partial charge on any atom is -0.315 e. The second-order valence-corrected chi connectivity index (χ2v) is 4.62. The van der Waals surface area contributed by atoms with Gasteiger partial charge in [0.15, 0.2) is 0 Å². The van der Waals surface area contributed by atoms with Gasteiger partial charge in [0.05, 0.1) is 0 Å². The van der Waals surface area contributed by atoms with Gasteiger partial charge in [-0.3, -0.25) is 0 Å². The van der Waals surface area contributed by atoms with Crippen LogP contribution in [0.25, 0.3) is 0 Å². The van der Waals surface area contributed by atoms with Crippen LogP contribution in [0.15, 0.2) is 0 Å². The fraction of sp³-hybridized carbons (Fsp3) is 1.00. The van der Waals surface area contributed by atoms with E-state index < -0.39 is 0 Å². The van der Waals surface area contributed by atoms with E-state index in [-0.39, 0.29) is 0 Å². The van der Waals surface area contributed by atoms with Gasteiger partial charge in [-0.05, 0) is 37.8 Å². The Labute approximate surface area is 88.8 Å². The molecule has 2 N–H and O–H groups in total. The van der Waals surface area contributed by atoms with E-state index in [9.17, 15) is 0 Å². The van der Waals surface area contributed by atoms with E-state index in [2.05, 4.69) is 24.5 Å². The molecule has 0 aromatic rings. The maximum atomic E-state index is 3.55. The molecule has 14 heavy (non-hydrogen) atoms. The van der Waals surface area contributed by atoms with Crippen molar-refractivity contribution in [1.82, 2.24) is 10.6 Å². The molecule has 84 valence electrons. The van der Waals surface area contributed by atoms with Gasteiger partial charge in [0.25, 0.3) is 0 Å². The van der Waals surface area contributed by atoms with E-state index >= 15 is 0 Å². The van der Waals surface area contributed by atoms with Crippen LogP contribution in [0.1, 0.15) is 39.5 Å². The number of hydrogen-bond acceptors (Lipinski definition) is 2. The van der Waals surface area contributed by atoms with Crippen molar-refractivity contribution in [1.29, 1.82) is 0 Å². The highest BCUT2D eigenvalue weighted by Gasteiger charge is 2.22. The van der Waals surface area contributed by atoms with Crippen LogP contribution in [0.5, 0.6) is 0 Å². The molecule has 0 aromatic heterocycles. The Morgan fingerprint density at radius 1 is 1.07 bits per heavy atom. The molecule has 0 bridgehead atoms. The summed E-state index contributed by atoms with van der Waals surface area (Å²) in [6.45, 7) is 9.24. The maximum Gasteiger partial charge on any atom is 0.00768 e. The van der Waals surface area contributed by atoms with E-state index in [1.807, 2.05) is 0 Å². The molecule has 1 aliphatic carbocycles. The molecule has 0 amide bonds. The summed E-state index contributed by atoms with van der Waals surface area (Å²) >= 11 is 0. The Kier molecular flexibility index (Phi) is 6.20. The first kappa shape index (κ1) is 12.0. The lowest BCUT2D eigenvalue weighted by molar-refractivity contribution is 0.392. The molecule has 1 fully saturated rings. The zero-order valence-electron chi connectivity index (χ0n) is 9.81. The molecule has 1 rings (SSSR count). The van der Waals surface area contributed by atoms with Crippen molar-refractivity contribution in [3.8, 4) is 0 Å². The third kappa shape index (κ3) is 4.43. The normalized spacial score (nSPS) is 27.0. The van der Waals surface area contributed by atoms with Gasteiger partial charge >= 0.3 is 0 Å². The van der Waals surface area contributed by atoms with Crippen LogP contribution in [0, 0.1) is 11.8 Å². The zero-order chi connectivity index (χ0) is 10.2. The van der Waals surface area contributed by atoms with Crippen molar-refractivity contribution < 1.29 is 0 Å². The molecular weight excluding hydrogens is 172 g/mol. The van der Waals surface area contributed by atoms with Crippen LogP contribution in [0.4, 0.5) is 0 Å². The lowest BCUT2D eigenvalue weighted by Gasteiger charge is -2.15. The van der Waals surface area contributed by atoms with Gasteiger partial charge in [-0.15, -0.1) is 0 Å². The lowest BCUT2D eigenvalue weighted by atomic mass is 9.98. The van der Waals surface area contributed by atoms with Crippen molar-refractivity contribution in [3.05, 3.63) is 0 Å². The Bertz CT molecular complexity index is 136. The number of nitrogens with one attached hydrogen (secondary N) is 2. The van der Waals surface area contributed by atoms with E-state index in [1.54, 1.807) is 0 Å². The molecule has 1 saturated carbocycles.